The molecule has 0 unspecified atom stereocenters. The zero-order valence-electron chi connectivity index (χ0n) is 11.8. The van der Waals surface area contributed by atoms with Gasteiger partial charge in [0, 0.05) is 18.8 Å². The van der Waals surface area contributed by atoms with Crippen LogP contribution in [0.3, 0.4) is 0 Å². The molecule has 1 amide bonds. The molecule has 1 aromatic rings. The van der Waals surface area contributed by atoms with E-state index in [4.69, 9.17) is 5.11 Å². The van der Waals surface area contributed by atoms with Gasteiger partial charge in [-0.2, -0.15) is 0 Å². The Hall–Kier alpha value is -1.88. The Bertz CT molecular complexity index is 508. The zero-order valence-corrected chi connectivity index (χ0v) is 11.8. The summed E-state index contributed by atoms with van der Waals surface area (Å²) in [5.74, 6) is -0.799. The average molecular weight is 276 g/mol. The SMILES string of the molecule is CC(C)c1cccc(NC(=O)CN2CC(C(=O)O)C2)c1. The van der Waals surface area contributed by atoms with Gasteiger partial charge in [0.05, 0.1) is 12.5 Å². The third-order valence-corrected chi connectivity index (χ3v) is 3.51. The second-order valence-electron chi connectivity index (χ2n) is 5.56. The second-order valence-corrected chi connectivity index (χ2v) is 5.56. The Morgan fingerprint density at radius 1 is 1.40 bits per heavy atom. The van der Waals surface area contributed by atoms with E-state index < -0.39 is 5.97 Å². The van der Waals surface area contributed by atoms with Gasteiger partial charge in [-0.15, -0.1) is 0 Å². The van der Waals surface area contributed by atoms with Gasteiger partial charge in [0.15, 0.2) is 0 Å². The number of rotatable bonds is 5. The highest BCUT2D eigenvalue weighted by Crippen LogP contribution is 2.19. The van der Waals surface area contributed by atoms with E-state index in [1.165, 1.54) is 5.56 Å². The van der Waals surface area contributed by atoms with E-state index in [9.17, 15) is 9.59 Å². The molecular formula is C15H20N2O3. The third-order valence-electron chi connectivity index (χ3n) is 3.51. The first kappa shape index (κ1) is 14.5. The lowest BCUT2D eigenvalue weighted by Gasteiger charge is -2.35. The molecule has 0 saturated carbocycles. The molecule has 5 nitrogen and oxygen atoms in total. The van der Waals surface area contributed by atoms with Gasteiger partial charge in [-0.05, 0) is 23.6 Å². The number of carbonyl (C=O) groups excluding carboxylic acids is 1. The van der Waals surface area contributed by atoms with Crippen molar-refractivity contribution in [1.82, 2.24) is 4.90 Å². The van der Waals surface area contributed by atoms with Crippen LogP contribution in [-0.4, -0.2) is 41.5 Å². The summed E-state index contributed by atoms with van der Waals surface area (Å²) in [6.07, 6.45) is 0. The molecular weight excluding hydrogens is 256 g/mol. The van der Waals surface area contributed by atoms with Crippen LogP contribution in [0, 0.1) is 5.92 Å². The van der Waals surface area contributed by atoms with Gasteiger partial charge in [-0.25, -0.2) is 0 Å². The maximum atomic E-state index is 11.9. The number of carboxylic acid groups (broad SMARTS) is 1. The summed E-state index contributed by atoms with van der Waals surface area (Å²) in [5.41, 5.74) is 1.97. The molecule has 108 valence electrons. The molecule has 0 spiro atoms. The highest BCUT2D eigenvalue weighted by Gasteiger charge is 2.33. The van der Waals surface area contributed by atoms with Crippen LogP contribution in [0.25, 0.3) is 0 Å². The minimum atomic E-state index is -0.786. The monoisotopic (exact) mass is 276 g/mol. The smallest absolute Gasteiger partial charge is 0.309 e. The molecule has 0 bridgehead atoms. The van der Waals surface area contributed by atoms with Crippen molar-refractivity contribution in [3.05, 3.63) is 29.8 Å². The Labute approximate surface area is 118 Å². The number of anilines is 1. The van der Waals surface area contributed by atoms with Crippen LogP contribution in [0.4, 0.5) is 5.69 Å². The molecule has 2 rings (SSSR count). The number of hydrogen-bond acceptors (Lipinski definition) is 3. The normalized spacial score (nSPS) is 15.9. The maximum absolute atomic E-state index is 11.9. The van der Waals surface area contributed by atoms with Crippen molar-refractivity contribution in [3.63, 3.8) is 0 Å². The quantitative estimate of drug-likeness (QED) is 0.860. The molecule has 1 aliphatic heterocycles. The van der Waals surface area contributed by atoms with Crippen LogP contribution in [0.5, 0.6) is 0 Å². The number of amides is 1. The fourth-order valence-electron chi connectivity index (χ4n) is 2.23. The largest absolute Gasteiger partial charge is 0.481 e. The van der Waals surface area contributed by atoms with Crippen LogP contribution in [0.15, 0.2) is 24.3 Å². The van der Waals surface area contributed by atoms with E-state index in [2.05, 4.69) is 19.2 Å². The molecule has 0 atom stereocenters. The van der Waals surface area contributed by atoms with Crippen molar-refractivity contribution in [1.29, 1.82) is 0 Å². The second kappa shape index (κ2) is 6.05. The highest BCUT2D eigenvalue weighted by atomic mass is 16.4. The van der Waals surface area contributed by atoms with Crippen LogP contribution in [-0.2, 0) is 9.59 Å². The van der Waals surface area contributed by atoms with Crippen LogP contribution < -0.4 is 5.32 Å². The summed E-state index contributed by atoms with van der Waals surface area (Å²) in [5, 5.41) is 11.6. The standard InChI is InChI=1S/C15H20N2O3/c1-10(2)11-4-3-5-13(6-11)16-14(18)9-17-7-12(8-17)15(19)20/h3-6,10,12H,7-9H2,1-2H3,(H,16,18)(H,19,20). The number of benzene rings is 1. The Morgan fingerprint density at radius 2 is 2.10 bits per heavy atom. The van der Waals surface area contributed by atoms with E-state index in [0.29, 0.717) is 19.0 Å². The van der Waals surface area contributed by atoms with Crippen molar-refractivity contribution in [3.8, 4) is 0 Å². The summed E-state index contributed by atoms with van der Waals surface area (Å²) in [6.45, 7) is 5.36. The van der Waals surface area contributed by atoms with Crippen molar-refractivity contribution in [2.45, 2.75) is 19.8 Å². The van der Waals surface area contributed by atoms with Gasteiger partial charge >= 0.3 is 5.97 Å². The number of carbonyl (C=O) groups is 2. The lowest BCUT2D eigenvalue weighted by atomic mass is 10.0. The van der Waals surface area contributed by atoms with Gasteiger partial charge in [0.2, 0.25) is 5.91 Å². The number of nitrogens with one attached hydrogen (secondary N) is 1. The number of aliphatic carboxylic acids is 1. The maximum Gasteiger partial charge on any atom is 0.309 e. The molecule has 20 heavy (non-hydrogen) atoms. The first-order valence-corrected chi connectivity index (χ1v) is 6.80. The molecule has 1 aliphatic rings. The van der Waals surface area contributed by atoms with Crippen molar-refractivity contribution in [2.24, 2.45) is 5.92 Å². The summed E-state index contributed by atoms with van der Waals surface area (Å²) in [7, 11) is 0. The van der Waals surface area contributed by atoms with E-state index >= 15 is 0 Å². The van der Waals surface area contributed by atoms with E-state index in [-0.39, 0.29) is 18.4 Å². The molecule has 0 aliphatic carbocycles. The van der Waals surface area contributed by atoms with E-state index in [1.807, 2.05) is 29.2 Å². The number of likely N-dealkylation sites (tertiary alicyclic amines) is 1. The topological polar surface area (TPSA) is 69.6 Å². The van der Waals surface area contributed by atoms with Gasteiger partial charge in [-0.3, -0.25) is 14.5 Å². The molecule has 1 heterocycles. The Kier molecular flexibility index (Phi) is 4.39. The fourth-order valence-corrected chi connectivity index (χ4v) is 2.23. The lowest BCUT2D eigenvalue weighted by Crippen LogP contribution is -2.52. The van der Waals surface area contributed by atoms with Gasteiger partial charge in [-0.1, -0.05) is 26.0 Å². The zero-order chi connectivity index (χ0) is 14.7. The third kappa shape index (κ3) is 3.57. The highest BCUT2D eigenvalue weighted by molar-refractivity contribution is 5.92. The van der Waals surface area contributed by atoms with E-state index in [1.54, 1.807) is 0 Å². The molecule has 1 aromatic carbocycles. The minimum Gasteiger partial charge on any atom is -0.481 e. The van der Waals surface area contributed by atoms with Crippen LogP contribution in [0.2, 0.25) is 0 Å². The number of nitrogens with zero attached hydrogens (tertiary/aromatic N) is 1. The van der Waals surface area contributed by atoms with E-state index in [0.717, 1.165) is 5.69 Å². The molecule has 2 N–H and O–H groups in total. The van der Waals surface area contributed by atoms with Gasteiger partial charge in [0.25, 0.3) is 0 Å². The molecule has 0 aromatic heterocycles. The number of carboxylic acids is 1. The molecule has 0 radical (unpaired) electrons. The van der Waals surface area contributed by atoms with Crippen molar-refractivity contribution >= 4 is 17.6 Å². The van der Waals surface area contributed by atoms with Crippen molar-refractivity contribution < 1.29 is 14.7 Å². The van der Waals surface area contributed by atoms with Crippen LogP contribution >= 0.6 is 0 Å². The predicted molar refractivity (Wildman–Crippen MR) is 76.7 cm³/mol. The summed E-state index contributed by atoms with van der Waals surface area (Å²) < 4.78 is 0. The average Bonchev–Trinajstić information content (AvgIpc) is 2.33. The fraction of sp³-hybridized carbons (Fsp3) is 0.467. The first-order valence-electron chi connectivity index (χ1n) is 6.80. The molecule has 5 heteroatoms. The van der Waals surface area contributed by atoms with Gasteiger partial charge < -0.3 is 10.4 Å². The Morgan fingerprint density at radius 3 is 2.70 bits per heavy atom. The van der Waals surface area contributed by atoms with Crippen molar-refractivity contribution in [2.75, 3.05) is 25.0 Å². The molecule has 1 saturated heterocycles. The Balaban J connectivity index is 1.83. The van der Waals surface area contributed by atoms with Crippen LogP contribution in [0.1, 0.15) is 25.3 Å². The van der Waals surface area contributed by atoms with Gasteiger partial charge in [0.1, 0.15) is 0 Å². The summed E-state index contributed by atoms with van der Waals surface area (Å²) in [6, 6.07) is 7.79. The summed E-state index contributed by atoms with van der Waals surface area (Å²) >= 11 is 0. The lowest BCUT2D eigenvalue weighted by molar-refractivity contribution is -0.148. The first-order chi connectivity index (χ1) is 9.45. The minimum absolute atomic E-state index is 0.102. The predicted octanol–water partition coefficient (Wildman–Crippen LogP) is 1.76. The summed E-state index contributed by atoms with van der Waals surface area (Å²) in [4.78, 5) is 24.4. The molecule has 1 fully saturated rings. The number of hydrogen-bond donors (Lipinski definition) is 2.